The Balaban J connectivity index is 2.14. The third kappa shape index (κ3) is 1.65. The Morgan fingerprint density at radius 1 is 1.54 bits per heavy atom. The van der Waals surface area contributed by atoms with E-state index >= 15 is 0 Å². The Labute approximate surface area is 76.9 Å². The van der Waals surface area contributed by atoms with E-state index in [4.69, 9.17) is 10.3 Å². The first-order valence-electron chi connectivity index (χ1n) is 4.60. The van der Waals surface area contributed by atoms with Crippen LogP contribution in [0.15, 0.2) is 4.52 Å². The van der Waals surface area contributed by atoms with E-state index in [9.17, 15) is 0 Å². The molecule has 13 heavy (non-hydrogen) atoms. The zero-order valence-electron chi connectivity index (χ0n) is 7.73. The van der Waals surface area contributed by atoms with Crippen LogP contribution in [0.2, 0.25) is 0 Å². The van der Waals surface area contributed by atoms with Crippen LogP contribution in [-0.2, 0) is 0 Å². The van der Waals surface area contributed by atoms with Crippen molar-refractivity contribution in [2.75, 3.05) is 11.4 Å². The summed E-state index contributed by atoms with van der Waals surface area (Å²) >= 11 is 0. The number of aryl methyl sites for hydroxylation is 1. The lowest BCUT2D eigenvalue weighted by molar-refractivity contribution is 0.372. The van der Waals surface area contributed by atoms with Gasteiger partial charge in [-0.2, -0.15) is 4.98 Å². The minimum Gasteiger partial charge on any atom is -0.315 e. The van der Waals surface area contributed by atoms with Crippen molar-refractivity contribution in [3.05, 3.63) is 5.82 Å². The fourth-order valence-corrected chi connectivity index (χ4v) is 1.60. The third-order valence-corrected chi connectivity index (χ3v) is 2.31. The van der Waals surface area contributed by atoms with Gasteiger partial charge in [-0.1, -0.05) is 5.16 Å². The first kappa shape index (κ1) is 8.50. The van der Waals surface area contributed by atoms with Gasteiger partial charge in [0.2, 0.25) is 0 Å². The van der Waals surface area contributed by atoms with Gasteiger partial charge in [0.1, 0.15) is 0 Å². The molecule has 0 amide bonds. The lowest BCUT2D eigenvalue weighted by Crippen LogP contribution is -2.45. The van der Waals surface area contributed by atoms with Gasteiger partial charge in [-0.15, -0.1) is 0 Å². The molecule has 1 unspecified atom stereocenters. The van der Waals surface area contributed by atoms with Crippen molar-refractivity contribution in [1.82, 2.24) is 10.1 Å². The number of piperidine rings is 1. The van der Waals surface area contributed by atoms with Crippen molar-refractivity contribution in [3.63, 3.8) is 0 Å². The predicted molar refractivity (Wildman–Crippen MR) is 48.2 cm³/mol. The van der Waals surface area contributed by atoms with Crippen LogP contribution in [0.4, 0.5) is 6.01 Å². The van der Waals surface area contributed by atoms with Crippen molar-refractivity contribution in [1.29, 1.82) is 0 Å². The van der Waals surface area contributed by atoms with Crippen molar-refractivity contribution in [2.45, 2.75) is 32.4 Å². The summed E-state index contributed by atoms with van der Waals surface area (Å²) in [5.41, 5.74) is 5.92. The molecule has 1 fully saturated rings. The maximum absolute atomic E-state index is 5.92. The normalized spacial score (nSPS) is 23.5. The number of nitrogens with zero attached hydrogens (tertiary/aromatic N) is 3. The van der Waals surface area contributed by atoms with E-state index in [0.29, 0.717) is 11.8 Å². The van der Waals surface area contributed by atoms with Crippen LogP contribution in [0.3, 0.4) is 0 Å². The maximum Gasteiger partial charge on any atom is 0.325 e. The largest absolute Gasteiger partial charge is 0.325 e. The first-order valence-corrected chi connectivity index (χ1v) is 4.60. The predicted octanol–water partition coefficient (Wildman–Crippen LogP) is 0.653. The van der Waals surface area contributed by atoms with Crippen LogP contribution in [0.1, 0.15) is 25.1 Å². The summed E-state index contributed by atoms with van der Waals surface area (Å²) in [4.78, 5) is 6.13. The van der Waals surface area contributed by atoms with E-state index in [1.165, 1.54) is 6.42 Å². The standard InChI is InChI=1S/C8H14N4O/c1-6-10-8(13-11-6)12-5-3-2-4-7(12)9/h7H,2-5,9H2,1H3. The van der Waals surface area contributed by atoms with E-state index < -0.39 is 0 Å². The van der Waals surface area contributed by atoms with Gasteiger partial charge in [-0.3, -0.25) is 0 Å². The van der Waals surface area contributed by atoms with Crippen LogP contribution in [0.5, 0.6) is 0 Å². The van der Waals surface area contributed by atoms with Crippen LogP contribution in [-0.4, -0.2) is 22.9 Å². The SMILES string of the molecule is Cc1noc(N2CCCCC2N)n1. The molecule has 5 nitrogen and oxygen atoms in total. The number of anilines is 1. The molecule has 2 N–H and O–H groups in total. The summed E-state index contributed by atoms with van der Waals surface area (Å²) in [6, 6.07) is 0.560. The average molecular weight is 182 g/mol. The molecule has 1 aliphatic rings. The number of rotatable bonds is 1. The molecule has 0 saturated carbocycles. The van der Waals surface area contributed by atoms with Crippen molar-refractivity contribution >= 4 is 6.01 Å². The van der Waals surface area contributed by atoms with Crippen LogP contribution < -0.4 is 10.6 Å². The molecule has 1 aromatic rings. The Morgan fingerprint density at radius 3 is 3.00 bits per heavy atom. The topological polar surface area (TPSA) is 68.2 Å². The van der Waals surface area contributed by atoms with Crippen molar-refractivity contribution in [3.8, 4) is 0 Å². The summed E-state index contributed by atoms with van der Waals surface area (Å²) in [6.45, 7) is 2.73. The number of aromatic nitrogens is 2. The Hall–Kier alpha value is -1.10. The van der Waals surface area contributed by atoms with E-state index in [-0.39, 0.29) is 6.17 Å². The van der Waals surface area contributed by atoms with Crippen LogP contribution >= 0.6 is 0 Å². The summed E-state index contributed by atoms with van der Waals surface area (Å²) in [7, 11) is 0. The molecule has 0 aromatic carbocycles. The fourth-order valence-electron chi connectivity index (χ4n) is 1.60. The Bertz CT molecular complexity index is 285. The quantitative estimate of drug-likeness (QED) is 0.690. The van der Waals surface area contributed by atoms with Crippen molar-refractivity contribution in [2.24, 2.45) is 5.73 Å². The summed E-state index contributed by atoms with van der Waals surface area (Å²) in [5, 5.41) is 3.74. The average Bonchev–Trinajstić information content (AvgIpc) is 2.53. The van der Waals surface area contributed by atoms with Gasteiger partial charge >= 0.3 is 6.01 Å². The zero-order chi connectivity index (χ0) is 9.26. The van der Waals surface area contributed by atoms with Gasteiger partial charge in [0, 0.05) is 6.54 Å². The summed E-state index contributed by atoms with van der Waals surface area (Å²) in [6.07, 6.45) is 3.37. The second kappa shape index (κ2) is 3.33. The van der Waals surface area contributed by atoms with E-state index in [0.717, 1.165) is 19.4 Å². The van der Waals surface area contributed by atoms with Crippen molar-refractivity contribution < 1.29 is 4.52 Å². The van der Waals surface area contributed by atoms with Gasteiger partial charge in [0.15, 0.2) is 5.82 Å². The molecule has 0 bridgehead atoms. The van der Waals surface area contributed by atoms with Crippen LogP contribution in [0.25, 0.3) is 0 Å². The number of hydrogen-bond donors (Lipinski definition) is 1. The molecular formula is C8H14N4O. The Morgan fingerprint density at radius 2 is 2.38 bits per heavy atom. The van der Waals surface area contributed by atoms with Gasteiger partial charge in [-0.05, 0) is 26.2 Å². The molecule has 1 aliphatic heterocycles. The molecule has 0 radical (unpaired) electrons. The molecule has 5 heteroatoms. The molecule has 0 spiro atoms. The van der Waals surface area contributed by atoms with Gasteiger partial charge < -0.3 is 15.2 Å². The highest BCUT2D eigenvalue weighted by molar-refractivity contribution is 5.27. The lowest BCUT2D eigenvalue weighted by Gasteiger charge is -2.30. The lowest BCUT2D eigenvalue weighted by atomic mass is 10.1. The number of hydrogen-bond acceptors (Lipinski definition) is 5. The zero-order valence-corrected chi connectivity index (χ0v) is 7.73. The van der Waals surface area contributed by atoms with E-state index in [2.05, 4.69) is 10.1 Å². The summed E-state index contributed by atoms with van der Waals surface area (Å²) in [5.74, 6) is 0.660. The first-order chi connectivity index (χ1) is 6.27. The minimum atomic E-state index is 0.0357. The highest BCUT2D eigenvalue weighted by Crippen LogP contribution is 2.19. The monoisotopic (exact) mass is 182 g/mol. The molecule has 2 rings (SSSR count). The number of nitrogens with two attached hydrogens (primary N) is 1. The third-order valence-electron chi connectivity index (χ3n) is 2.31. The molecular weight excluding hydrogens is 168 g/mol. The highest BCUT2D eigenvalue weighted by Gasteiger charge is 2.22. The van der Waals surface area contributed by atoms with Gasteiger partial charge in [0.05, 0.1) is 6.17 Å². The minimum absolute atomic E-state index is 0.0357. The van der Waals surface area contributed by atoms with Gasteiger partial charge in [0.25, 0.3) is 0 Å². The fraction of sp³-hybridized carbons (Fsp3) is 0.750. The summed E-state index contributed by atoms with van der Waals surface area (Å²) < 4.78 is 5.06. The molecule has 1 saturated heterocycles. The van der Waals surface area contributed by atoms with Gasteiger partial charge in [-0.25, -0.2) is 0 Å². The van der Waals surface area contributed by atoms with E-state index in [1.54, 1.807) is 0 Å². The highest BCUT2D eigenvalue weighted by atomic mass is 16.5. The molecule has 72 valence electrons. The molecule has 1 aromatic heterocycles. The second-order valence-corrected chi connectivity index (χ2v) is 3.38. The molecule has 1 atom stereocenters. The van der Waals surface area contributed by atoms with E-state index in [1.807, 2.05) is 11.8 Å². The Kier molecular flexibility index (Phi) is 2.18. The van der Waals surface area contributed by atoms with Crippen LogP contribution in [0, 0.1) is 6.92 Å². The second-order valence-electron chi connectivity index (χ2n) is 3.38. The molecule has 0 aliphatic carbocycles. The smallest absolute Gasteiger partial charge is 0.315 e. The maximum atomic E-state index is 5.92. The molecule has 2 heterocycles.